The molecule has 0 bridgehead atoms. The molecule has 5 heteroatoms. The highest BCUT2D eigenvalue weighted by atomic mass is 32.2. The fourth-order valence-electron chi connectivity index (χ4n) is 1.26. The second kappa shape index (κ2) is 4.93. The lowest BCUT2D eigenvalue weighted by Crippen LogP contribution is -2.31. The van der Waals surface area contributed by atoms with Gasteiger partial charge in [-0.25, -0.2) is 8.78 Å². The molecule has 0 aromatic heterocycles. The summed E-state index contributed by atoms with van der Waals surface area (Å²) in [5, 5.41) is 0.356. The number of thioether (sulfide) groups is 1. The van der Waals surface area contributed by atoms with Crippen molar-refractivity contribution in [3.63, 3.8) is 0 Å². The maximum atomic E-state index is 12.9. The van der Waals surface area contributed by atoms with E-state index in [1.54, 1.807) is 0 Å². The van der Waals surface area contributed by atoms with Crippen LogP contribution >= 0.6 is 11.8 Å². The summed E-state index contributed by atoms with van der Waals surface area (Å²) in [6.45, 7) is 1.32. The van der Waals surface area contributed by atoms with Crippen molar-refractivity contribution in [2.75, 3.05) is 19.0 Å². The van der Waals surface area contributed by atoms with Gasteiger partial charge in [-0.3, -0.25) is 4.79 Å². The van der Waals surface area contributed by atoms with Gasteiger partial charge in [0.2, 0.25) is 0 Å². The van der Waals surface area contributed by atoms with Crippen LogP contribution in [0.2, 0.25) is 0 Å². The molecule has 0 aliphatic carbocycles. The fourth-order valence-corrected chi connectivity index (χ4v) is 2.20. The van der Waals surface area contributed by atoms with E-state index in [1.165, 1.54) is 17.8 Å². The van der Waals surface area contributed by atoms with Gasteiger partial charge >= 0.3 is 0 Å². The smallest absolute Gasteiger partial charge is 0.172 e. The summed E-state index contributed by atoms with van der Waals surface area (Å²) in [4.78, 5) is 11.6. The topological polar surface area (TPSA) is 26.3 Å². The summed E-state index contributed by atoms with van der Waals surface area (Å²) in [5.41, 5.74) is 0.214. The number of hydrogen-bond donors (Lipinski definition) is 0. The van der Waals surface area contributed by atoms with Crippen LogP contribution in [0.3, 0.4) is 0 Å². The largest absolute Gasteiger partial charge is 0.379 e. The molecule has 0 atom stereocenters. The molecule has 1 aliphatic rings. The standard InChI is InChI=1S/C11H10F2O2S/c12-9-2-1-7(3-10(9)13)11(14)6-16-8-4-15-5-8/h1-3,8H,4-6H2. The molecule has 2 nitrogen and oxygen atoms in total. The fraction of sp³-hybridized carbons (Fsp3) is 0.364. The Morgan fingerprint density at radius 3 is 2.69 bits per heavy atom. The van der Waals surface area contributed by atoms with E-state index in [-0.39, 0.29) is 17.1 Å². The molecule has 1 saturated heterocycles. The predicted molar refractivity (Wildman–Crippen MR) is 57.8 cm³/mol. The molecular weight excluding hydrogens is 234 g/mol. The maximum absolute atomic E-state index is 12.9. The summed E-state index contributed by atoms with van der Waals surface area (Å²) >= 11 is 1.49. The van der Waals surface area contributed by atoms with Crippen LogP contribution in [0.4, 0.5) is 8.78 Å². The molecule has 1 fully saturated rings. The number of ether oxygens (including phenoxy) is 1. The summed E-state index contributed by atoms with van der Waals surface area (Å²) in [6.07, 6.45) is 0. The van der Waals surface area contributed by atoms with Crippen LogP contribution in [0, 0.1) is 11.6 Å². The molecule has 1 aromatic carbocycles. The van der Waals surface area contributed by atoms with Gasteiger partial charge in [-0.15, -0.1) is 11.8 Å². The first-order valence-corrected chi connectivity index (χ1v) is 5.89. The summed E-state index contributed by atoms with van der Waals surface area (Å²) in [5.74, 6) is -1.82. The van der Waals surface area contributed by atoms with Crippen molar-refractivity contribution in [3.05, 3.63) is 35.4 Å². The molecule has 1 heterocycles. The monoisotopic (exact) mass is 244 g/mol. The number of halogens is 2. The first-order valence-electron chi connectivity index (χ1n) is 4.84. The minimum Gasteiger partial charge on any atom is -0.379 e. The van der Waals surface area contributed by atoms with E-state index >= 15 is 0 Å². The van der Waals surface area contributed by atoms with E-state index in [0.29, 0.717) is 18.5 Å². The minimum atomic E-state index is -0.983. The van der Waals surface area contributed by atoms with Crippen molar-refractivity contribution < 1.29 is 18.3 Å². The highest BCUT2D eigenvalue weighted by molar-refractivity contribution is 8.00. The average molecular weight is 244 g/mol. The molecule has 16 heavy (non-hydrogen) atoms. The van der Waals surface area contributed by atoms with E-state index in [9.17, 15) is 13.6 Å². The van der Waals surface area contributed by atoms with Gasteiger partial charge in [0.15, 0.2) is 17.4 Å². The Morgan fingerprint density at radius 2 is 2.12 bits per heavy atom. The lowest BCUT2D eigenvalue weighted by Gasteiger charge is -2.24. The minimum absolute atomic E-state index is 0.184. The van der Waals surface area contributed by atoms with Crippen molar-refractivity contribution in [3.8, 4) is 0 Å². The lowest BCUT2D eigenvalue weighted by atomic mass is 10.1. The highest BCUT2D eigenvalue weighted by Gasteiger charge is 2.20. The highest BCUT2D eigenvalue weighted by Crippen LogP contribution is 2.20. The number of carbonyl (C=O) groups excluding carboxylic acids is 1. The molecule has 0 spiro atoms. The van der Waals surface area contributed by atoms with Crippen LogP contribution in [0.25, 0.3) is 0 Å². The van der Waals surface area contributed by atoms with Gasteiger partial charge in [0.1, 0.15) is 0 Å². The second-order valence-electron chi connectivity index (χ2n) is 3.52. The number of rotatable bonds is 4. The van der Waals surface area contributed by atoms with Crippen LogP contribution in [0.1, 0.15) is 10.4 Å². The normalized spacial score (nSPS) is 15.9. The maximum Gasteiger partial charge on any atom is 0.172 e. The number of Topliss-reactive ketones (excluding diaryl/α,β-unsaturated/α-hetero) is 1. The third-order valence-electron chi connectivity index (χ3n) is 2.30. The van der Waals surface area contributed by atoms with E-state index in [4.69, 9.17) is 4.74 Å². The SMILES string of the molecule is O=C(CSC1COC1)c1ccc(F)c(F)c1. The zero-order valence-corrected chi connectivity index (χ0v) is 9.23. The van der Waals surface area contributed by atoms with Crippen molar-refractivity contribution in [1.82, 2.24) is 0 Å². The second-order valence-corrected chi connectivity index (χ2v) is 4.81. The van der Waals surface area contributed by atoms with Gasteiger partial charge in [0.25, 0.3) is 0 Å². The summed E-state index contributed by atoms with van der Waals surface area (Å²) in [7, 11) is 0. The Bertz CT molecular complexity index is 405. The number of ketones is 1. The molecule has 0 saturated carbocycles. The average Bonchev–Trinajstić information content (AvgIpc) is 2.19. The van der Waals surface area contributed by atoms with E-state index in [0.717, 1.165) is 12.1 Å². The van der Waals surface area contributed by atoms with E-state index in [1.807, 2.05) is 0 Å². The van der Waals surface area contributed by atoms with Crippen molar-refractivity contribution >= 4 is 17.5 Å². The summed E-state index contributed by atoms with van der Waals surface area (Å²) < 4.78 is 30.5. The number of carbonyl (C=O) groups is 1. The first-order chi connectivity index (χ1) is 7.66. The Balaban J connectivity index is 1.94. The van der Waals surface area contributed by atoms with Crippen LogP contribution in [-0.2, 0) is 4.74 Å². The zero-order valence-electron chi connectivity index (χ0n) is 8.41. The Morgan fingerprint density at radius 1 is 1.38 bits per heavy atom. The number of benzene rings is 1. The van der Waals surface area contributed by atoms with Gasteiger partial charge < -0.3 is 4.74 Å². The van der Waals surface area contributed by atoms with Gasteiger partial charge in [-0.2, -0.15) is 0 Å². The van der Waals surface area contributed by atoms with Crippen LogP contribution in [0.15, 0.2) is 18.2 Å². The molecule has 1 aromatic rings. The van der Waals surface area contributed by atoms with Gasteiger partial charge in [0.05, 0.1) is 24.2 Å². The summed E-state index contributed by atoms with van der Waals surface area (Å²) in [6, 6.07) is 3.22. The van der Waals surface area contributed by atoms with E-state index in [2.05, 4.69) is 0 Å². The van der Waals surface area contributed by atoms with Crippen molar-refractivity contribution in [1.29, 1.82) is 0 Å². The van der Waals surface area contributed by atoms with Crippen LogP contribution in [-0.4, -0.2) is 30.0 Å². The number of hydrogen-bond acceptors (Lipinski definition) is 3. The van der Waals surface area contributed by atoms with Crippen LogP contribution in [0.5, 0.6) is 0 Å². The third-order valence-corrected chi connectivity index (χ3v) is 3.47. The molecule has 0 unspecified atom stereocenters. The lowest BCUT2D eigenvalue weighted by molar-refractivity contribution is 0.0455. The van der Waals surface area contributed by atoms with Gasteiger partial charge in [-0.1, -0.05) is 0 Å². The van der Waals surface area contributed by atoms with Crippen molar-refractivity contribution in [2.24, 2.45) is 0 Å². The predicted octanol–water partition coefficient (Wildman–Crippen LogP) is 2.28. The third kappa shape index (κ3) is 2.59. The first kappa shape index (κ1) is 11.5. The zero-order chi connectivity index (χ0) is 11.5. The molecule has 86 valence electrons. The van der Waals surface area contributed by atoms with Gasteiger partial charge in [0, 0.05) is 5.56 Å². The van der Waals surface area contributed by atoms with E-state index < -0.39 is 11.6 Å². The van der Waals surface area contributed by atoms with Crippen molar-refractivity contribution in [2.45, 2.75) is 5.25 Å². The Kier molecular flexibility index (Phi) is 3.56. The van der Waals surface area contributed by atoms with Crippen LogP contribution < -0.4 is 0 Å². The quantitative estimate of drug-likeness (QED) is 0.760. The molecule has 2 rings (SSSR count). The molecule has 0 amide bonds. The molecule has 0 N–H and O–H groups in total. The molecule has 1 aliphatic heterocycles. The Hall–Kier alpha value is -0.940. The molecule has 0 radical (unpaired) electrons. The van der Waals surface area contributed by atoms with Gasteiger partial charge in [-0.05, 0) is 18.2 Å². The Labute approximate surface area is 96.0 Å². The molecular formula is C11H10F2O2S.